The second kappa shape index (κ2) is 5.29. The smallest absolute Gasteiger partial charge is 0.149 e. The van der Waals surface area contributed by atoms with Crippen LogP contribution in [0.2, 0.25) is 0 Å². The molecule has 6 nitrogen and oxygen atoms in total. The Hall–Kier alpha value is -1.40. The van der Waals surface area contributed by atoms with Crippen LogP contribution in [0.1, 0.15) is 30.7 Å². The van der Waals surface area contributed by atoms with Crippen molar-refractivity contribution in [2.24, 2.45) is 5.84 Å². The number of rotatable bonds is 3. The van der Waals surface area contributed by atoms with E-state index in [4.69, 9.17) is 5.84 Å². The molecule has 6 heteroatoms. The van der Waals surface area contributed by atoms with E-state index in [-0.39, 0.29) is 0 Å². The first kappa shape index (κ1) is 12.1. The van der Waals surface area contributed by atoms with Gasteiger partial charge in [-0.05, 0) is 26.7 Å². The lowest BCUT2D eigenvalue weighted by atomic mass is 10.2. The molecule has 0 amide bonds. The van der Waals surface area contributed by atoms with Gasteiger partial charge in [0.25, 0.3) is 0 Å². The molecular formula is C11H20N6. The maximum absolute atomic E-state index is 5.44. The molecule has 2 rings (SSSR count). The number of piperidine rings is 1. The fourth-order valence-electron chi connectivity index (χ4n) is 2.03. The van der Waals surface area contributed by atoms with E-state index >= 15 is 0 Å². The number of nitrogens with one attached hydrogen (secondary N) is 2. The van der Waals surface area contributed by atoms with Crippen molar-refractivity contribution in [2.75, 3.05) is 23.9 Å². The van der Waals surface area contributed by atoms with Crippen LogP contribution in [0.3, 0.4) is 0 Å². The van der Waals surface area contributed by atoms with Gasteiger partial charge in [-0.25, -0.2) is 20.8 Å². The highest BCUT2D eigenvalue weighted by Crippen LogP contribution is 2.20. The SMILES string of the molecule is Cc1nc(NN)c(C)c(NN2CCCCC2)n1. The molecule has 0 atom stereocenters. The summed E-state index contributed by atoms with van der Waals surface area (Å²) in [5, 5.41) is 2.21. The molecule has 0 aromatic carbocycles. The van der Waals surface area contributed by atoms with Crippen molar-refractivity contribution in [3.8, 4) is 0 Å². The quantitative estimate of drug-likeness (QED) is 0.540. The number of aryl methyl sites for hydroxylation is 1. The number of nitrogens with zero attached hydrogens (tertiary/aromatic N) is 3. The number of nitrogen functional groups attached to an aromatic ring is 1. The largest absolute Gasteiger partial charge is 0.308 e. The van der Waals surface area contributed by atoms with Gasteiger partial charge in [-0.3, -0.25) is 0 Å². The molecule has 1 aromatic rings. The first-order valence-corrected chi connectivity index (χ1v) is 6.04. The molecule has 1 aromatic heterocycles. The predicted molar refractivity (Wildman–Crippen MR) is 68.4 cm³/mol. The molecule has 4 N–H and O–H groups in total. The lowest BCUT2D eigenvalue weighted by Crippen LogP contribution is -2.35. The van der Waals surface area contributed by atoms with E-state index in [0.717, 1.165) is 24.5 Å². The van der Waals surface area contributed by atoms with Crippen LogP contribution in [0.4, 0.5) is 11.6 Å². The summed E-state index contributed by atoms with van der Waals surface area (Å²) in [6, 6.07) is 0. The summed E-state index contributed by atoms with van der Waals surface area (Å²) in [5.74, 6) is 7.67. The second-order valence-electron chi connectivity index (χ2n) is 4.40. The number of hydrogen-bond donors (Lipinski definition) is 3. The van der Waals surface area contributed by atoms with Crippen LogP contribution in [0, 0.1) is 13.8 Å². The standard InChI is InChI=1S/C11H20N6/c1-8-10(15-12)13-9(2)14-11(8)16-17-6-4-3-5-7-17/h3-7,12H2,1-2H3,(H2,13,14,15,16). The zero-order chi connectivity index (χ0) is 12.3. The first-order valence-electron chi connectivity index (χ1n) is 6.04. The van der Waals surface area contributed by atoms with Crippen molar-refractivity contribution in [3.63, 3.8) is 0 Å². The van der Waals surface area contributed by atoms with Gasteiger partial charge in [0.2, 0.25) is 0 Å². The lowest BCUT2D eigenvalue weighted by molar-refractivity contribution is 0.272. The Morgan fingerprint density at radius 1 is 1.06 bits per heavy atom. The van der Waals surface area contributed by atoms with Crippen LogP contribution in [0.25, 0.3) is 0 Å². The molecule has 17 heavy (non-hydrogen) atoms. The molecule has 0 aliphatic carbocycles. The Morgan fingerprint density at radius 3 is 2.35 bits per heavy atom. The number of hydrogen-bond acceptors (Lipinski definition) is 6. The van der Waals surface area contributed by atoms with Crippen molar-refractivity contribution in [2.45, 2.75) is 33.1 Å². The van der Waals surface area contributed by atoms with E-state index in [2.05, 4.69) is 25.8 Å². The van der Waals surface area contributed by atoms with Crippen molar-refractivity contribution >= 4 is 11.6 Å². The van der Waals surface area contributed by atoms with Crippen molar-refractivity contribution < 1.29 is 0 Å². The Morgan fingerprint density at radius 2 is 1.71 bits per heavy atom. The molecule has 0 radical (unpaired) electrons. The maximum Gasteiger partial charge on any atom is 0.149 e. The van der Waals surface area contributed by atoms with Gasteiger partial charge >= 0.3 is 0 Å². The van der Waals surface area contributed by atoms with E-state index in [1.165, 1.54) is 19.3 Å². The van der Waals surface area contributed by atoms with Gasteiger partial charge in [-0.2, -0.15) is 0 Å². The van der Waals surface area contributed by atoms with Crippen molar-refractivity contribution in [1.29, 1.82) is 0 Å². The van der Waals surface area contributed by atoms with E-state index < -0.39 is 0 Å². The molecule has 1 saturated heterocycles. The Labute approximate surface area is 102 Å². The van der Waals surface area contributed by atoms with Gasteiger partial charge in [-0.15, -0.1) is 0 Å². The Kier molecular flexibility index (Phi) is 3.75. The molecule has 0 spiro atoms. The third kappa shape index (κ3) is 2.83. The molecular weight excluding hydrogens is 216 g/mol. The first-order chi connectivity index (χ1) is 8.20. The fraction of sp³-hybridized carbons (Fsp3) is 0.636. The predicted octanol–water partition coefficient (Wildman–Crippen LogP) is 1.19. The van der Waals surface area contributed by atoms with Gasteiger partial charge in [0, 0.05) is 18.7 Å². The molecule has 2 heterocycles. The Bertz CT molecular complexity index is 386. The normalized spacial score (nSPS) is 16.9. The van der Waals surface area contributed by atoms with Gasteiger partial charge in [0.05, 0.1) is 0 Å². The summed E-state index contributed by atoms with van der Waals surface area (Å²) >= 11 is 0. The molecule has 1 aliphatic rings. The van der Waals surface area contributed by atoms with Gasteiger partial charge in [-0.1, -0.05) is 6.42 Å². The second-order valence-corrected chi connectivity index (χ2v) is 4.40. The average Bonchev–Trinajstić information content (AvgIpc) is 2.34. The van der Waals surface area contributed by atoms with Gasteiger partial charge in [0.1, 0.15) is 17.5 Å². The molecule has 1 aliphatic heterocycles. The van der Waals surface area contributed by atoms with E-state index in [0.29, 0.717) is 11.6 Å². The number of nitrogens with two attached hydrogens (primary N) is 1. The molecule has 0 bridgehead atoms. The minimum atomic E-state index is 0.678. The summed E-state index contributed by atoms with van der Waals surface area (Å²) in [7, 11) is 0. The average molecular weight is 236 g/mol. The number of anilines is 2. The lowest BCUT2D eigenvalue weighted by Gasteiger charge is -2.28. The summed E-state index contributed by atoms with van der Waals surface area (Å²) < 4.78 is 0. The van der Waals surface area contributed by atoms with Crippen LogP contribution < -0.4 is 16.7 Å². The zero-order valence-electron chi connectivity index (χ0n) is 10.5. The van der Waals surface area contributed by atoms with Crippen LogP contribution in [-0.2, 0) is 0 Å². The summed E-state index contributed by atoms with van der Waals surface area (Å²) in [6.07, 6.45) is 3.78. The van der Waals surface area contributed by atoms with Crippen LogP contribution in [-0.4, -0.2) is 28.1 Å². The topological polar surface area (TPSA) is 79.1 Å². The minimum Gasteiger partial charge on any atom is -0.308 e. The zero-order valence-corrected chi connectivity index (χ0v) is 10.5. The van der Waals surface area contributed by atoms with Crippen molar-refractivity contribution in [1.82, 2.24) is 15.0 Å². The summed E-state index contributed by atoms with van der Waals surface area (Å²) in [6.45, 7) is 5.95. The highest BCUT2D eigenvalue weighted by Gasteiger charge is 2.13. The van der Waals surface area contributed by atoms with Gasteiger partial charge < -0.3 is 10.9 Å². The molecule has 1 fully saturated rings. The van der Waals surface area contributed by atoms with Crippen LogP contribution in [0.5, 0.6) is 0 Å². The van der Waals surface area contributed by atoms with Gasteiger partial charge in [0.15, 0.2) is 0 Å². The third-order valence-electron chi connectivity index (χ3n) is 3.01. The minimum absolute atomic E-state index is 0.678. The highest BCUT2D eigenvalue weighted by atomic mass is 15.5. The van der Waals surface area contributed by atoms with E-state index in [9.17, 15) is 0 Å². The van der Waals surface area contributed by atoms with Crippen LogP contribution in [0.15, 0.2) is 0 Å². The van der Waals surface area contributed by atoms with E-state index in [1.54, 1.807) is 0 Å². The highest BCUT2D eigenvalue weighted by molar-refractivity contribution is 5.56. The Balaban J connectivity index is 2.16. The number of hydrazine groups is 2. The van der Waals surface area contributed by atoms with Crippen LogP contribution >= 0.6 is 0 Å². The third-order valence-corrected chi connectivity index (χ3v) is 3.01. The monoisotopic (exact) mass is 236 g/mol. The summed E-state index contributed by atoms with van der Waals surface area (Å²) in [5.41, 5.74) is 6.90. The molecule has 94 valence electrons. The van der Waals surface area contributed by atoms with E-state index in [1.807, 2.05) is 13.8 Å². The molecule has 0 saturated carbocycles. The number of aromatic nitrogens is 2. The molecule has 0 unspecified atom stereocenters. The summed E-state index contributed by atoms with van der Waals surface area (Å²) in [4.78, 5) is 8.66. The van der Waals surface area contributed by atoms with Crippen molar-refractivity contribution in [3.05, 3.63) is 11.4 Å². The maximum atomic E-state index is 5.44. The fourth-order valence-corrected chi connectivity index (χ4v) is 2.03.